The largest absolute Gasteiger partial charge is 1.00 e. The van der Waals surface area contributed by atoms with Gasteiger partial charge in [0.2, 0.25) is 0 Å². The third-order valence-electron chi connectivity index (χ3n) is 1.57. The second-order valence-corrected chi connectivity index (χ2v) is 2.53. The Labute approximate surface area is 120 Å². The molecule has 13 heavy (non-hydrogen) atoms. The van der Waals surface area contributed by atoms with E-state index in [-0.39, 0.29) is 59.4 Å². The first-order chi connectivity index (χ1) is 5.54. The predicted molar refractivity (Wildman–Crippen MR) is 41.3 cm³/mol. The van der Waals surface area contributed by atoms with Gasteiger partial charge in [0.15, 0.2) is 0 Å². The van der Waals surface area contributed by atoms with Crippen molar-refractivity contribution < 1.29 is 78.3 Å². The molecule has 0 aliphatic rings. The summed E-state index contributed by atoms with van der Waals surface area (Å²) >= 11 is 0. The maximum atomic E-state index is 9.04. The van der Waals surface area contributed by atoms with Crippen LogP contribution < -0.4 is 57.1 Å². The monoisotopic (exact) mass is 221 g/mol. The molecule has 0 aromatic carbocycles. The van der Waals surface area contributed by atoms with Crippen molar-refractivity contribution in [3.8, 4) is 0 Å². The Morgan fingerprint density at radius 2 is 1.38 bits per heavy atom. The van der Waals surface area contributed by atoms with E-state index in [0.717, 1.165) is 0 Å². The van der Waals surface area contributed by atoms with E-state index in [1.165, 1.54) is 0 Å². The van der Waals surface area contributed by atoms with Gasteiger partial charge in [0.1, 0.15) is 18.3 Å². The molecule has 0 bridgehead atoms. The van der Waals surface area contributed by atoms with E-state index in [1.54, 1.807) is 0 Å². The molecule has 6 nitrogen and oxygen atoms in total. The smallest absolute Gasteiger partial charge is 1.00 e. The van der Waals surface area contributed by atoms with E-state index >= 15 is 0 Å². The molecule has 0 aliphatic heterocycles. The second-order valence-electron chi connectivity index (χ2n) is 2.53. The molecule has 0 aromatic rings. The number of nitrogens with two attached hydrogens (primary N) is 1. The molecule has 76 valence electrons. The number of hydrogen-bond donors (Lipinski definition) is 6. The van der Waals surface area contributed by atoms with Crippen LogP contribution in [0, 0.1) is 0 Å². The minimum atomic E-state index is -1.59. The first-order valence-corrected chi connectivity index (χ1v) is 3.57. The van der Waals surface area contributed by atoms with Gasteiger partial charge in [-0.1, -0.05) is 0 Å². The molecule has 0 aromatic heterocycles. The van der Waals surface area contributed by atoms with Crippen LogP contribution in [0.3, 0.4) is 0 Å². The van der Waals surface area contributed by atoms with Gasteiger partial charge in [-0.05, 0) is 0 Å². The predicted octanol–water partition coefficient (Wildman–Crippen LogP) is -6.50. The van der Waals surface area contributed by atoms with Crippen LogP contribution in [0.5, 0.6) is 0 Å². The zero-order chi connectivity index (χ0) is 9.72. The van der Waals surface area contributed by atoms with Gasteiger partial charge in [-0.25, -0.2) is 0 Å². The van der Waals surface area contributed by atoms with E-state index in [0.29, 0.717) is 0 Å². The quantitative estimate of drug-likeness (QED) is 0.256. The fourth-order valence-corrected chi connectivity index (χ4v) is 0.703. The average Bonchev–Trinajstić information content (AvgIpc) is 2.12. The molecular formula is C6H16KNO5. The molecule has 0 heterocycles. The van der Waals surface area contributed by atoms with Gasteiger partial charge in [0.05, 0.1) is 12.7 Å². The number of rotatable bonds is 5. The van der Waals surface area contributed by atoms with Crippen LogP contribution in [0.4, 0.5) is 0 Å². The summed E-state index contributed by atoms with van der Waals surface area (Å²) in [6.07, 6.45) is -5.91. The maximum Gasteiger partial charge on any atom is 1.00 e. The van der Waals surface area contributed by atoms with Gasteiger partial charge < -0.3 is 32.7 Å². The summed E-state index contributed by atoms with van der Waals surface area (Å²) < 4.78 is 0. The standard InChI is InChI=1S/C6H15NO5.K.H/c7-1-3(9)5(11)6(12)4(10)2-8;;/h3-6,8-12H,1-2,7H2;;/q;+1;-1/t3-,4+,5+,6+;;/m0../s1. The van der Waals surface area contributed by atoms with Crippen LogP contribution in [0.2, 0.25) is 0 Å². The van der Waals surface area contributed by atoms with Crippen molar-refractivity contribution in [3.05, 3.63) is 0 Å². The molecule has 7 heteroatoms. The van der Waals surface area contributed by atoms with Crippen molar-refractivity contribution in [1.82, 2.24) is 0 Å². The topological polar surface area (TPSA) is 127 Å². The van der Waals surface area contributed by atoms with E-state index in [4.69, 9.17) is 31.3 Å². The second kappa shape index (κ2) is 8.68. The van der Waals surface area contributed by atoms with Crippen LogP contribution in [0.25, 0.3) is 0 Å². The van der Waals surface area contributed by atoms with E-state index < -0.39 is 31.0 Å². The van der Waals surface area contributed by atoms with Crippen LogP contribution in [-0.2, 0) is 0 Å². The molecule has 0 fully saturated rings. The summed E-state index contributed by atoms with van der Waals surface area (Å²) in [6, 6.07) is 0. The van der Waals surface area contributed by atoms with Crippen molar-refractivity contribution in [2.24, 2.45) is 5.73 Å². The SMILES string of the molecule is NC[C@H](O)[C@@H](O)[C@H](O)[C@H](O)CO.[H-].[K+]. The Kier molecular flexibility index (Phi) is 11.2. The zero-order valence-corrected chi connectivity index (χ0v) is 10.7. The van der Waals surface area contributed by atoms with Crippen LogP contribution >= 0.6 is 0 Å². The van der Waals surface area contributed by atoms with E-state index in [9.17, 15) is 0 Å². The fourth-order valence-electron chi connectivity index (χ4n) is 0.703. The normalized spacial score (nSPS) is 19.8. The Balaban J connectivity index is -0.000000605. The molecule has 7 N–H and O–H groups in total. The Morgan fingerprint density at radius 1 is 1.00 bits per heavy atom. The van der Waals surface area contributed by atoms with Crippen molar-refractivity contribution in [2.45, 2.75) is 24.4 Å². The van der Waals surface area contributed by atoms with Gasteiger partial charge in [-0.2, -0.15) is 0 Å². The minimum Gasteiger partial charge on any atom is -1.00 e. The maximum absolute atomic E-state index is 9.04. The molecule has 0 aliphatic carbocycles. The summed E-state index contributed by atoms with van der Waals surface area (Å²) in [4.78, 5) is 0. The molecule has 0 unspecified atom stereocenters. The zero-order valence-electron chi connectivity index (χ0n) is 8.54. The molecular weight excluding hydrogens is 205 g/mol. The van der Waals surface area contributed by atoms with Gasteiger partial charge in [-0.3, -0.25) is 0 Å². The van der Waals surface area contributed by atoms with Gasteiger partial charge in [0.25, 0.3) is 0 Å². The summed E-state index contributed by atoms with van der Waals surface area (Å²) in [7, 11) is 0. The molecule has 0 rings (SSSR count). The van der Waals surface area contributed by atoms with Gasteiger partial charge in [-0.15, -0.1) is 0 Å². The third kappa shape index (κ3) is 5.75. The summed E-state index contributed by atoms with van der Waals surface area (Å²) in [5.74, 6) is 0. The third-order valence-corrected chi connectivity index (χ3v) is 1.57. The van der Waals surface area contributed by atoms with E-state index in [2.05, 4.69) is 0 Å². The summed E-state index contributed by atoms with van der Waals surface area (Å²) in [6.45, 7) is -0.911. The molecule has 0 saturated heterocycles. The van der Waals surface area contributed by atoms with Crippen molar-refractivity contribution >= 4 is 0 Å². The Bertz CT molecular complexity index is 119. The van der Waals surface area contributed by atoms with E-state index in [1.807, 2.05) is 0 Å². The number of aliphatic hydroxyl groups is 5. The van der Waals surface area contributed by atoms with Crippen LogP contribution in [0.1, 0.15) is 1.43 Å². The summed E-state index contributed by atoms with van der Waals surface area (Å²) in [5.41, 5.74) is 4.99. The van der Waals surface area contributed by atoms with Crippen molar-refractivity contribution in [1.29, 1.82) is 0 Å². The van der Waals surface area contributed by atoms with Crippen LogP contribution in [0.15, 0.2) is 0 Å². The molecule has 0 saturated carbocycles. The summed E-state index contributed by atoms with van der Waals surface area (Å²) in [5, 5.41) is 44.2. The molecule has 4 atom stereocenters. The number of hydrogen-bond acceptors (Lipinski definition) is 6. The van der Waals surface area contributed by atoms with Crippen LogP contribution in [-0.4, -0.2) is 63.1 Å². The minimum absolute atomic E-state index is 0. The fraction of sp³-hybridized carbons (Fsp3) is 1.00. The molecule has 0 spiro atoms. The van der Waals surface area contributed by atoms with Gasteiger partial charge >= 0.3 is 51.4 Å². The van der Waals surface area contributed by atoms with Crippen molar-refractivity contribution in [2.75, 3.05) is 13.2 Å². The molecule has 0 radical (unpaired) electrons. The first-order valence-electron chi connectivity index (χ1n) is 3.57. The average molecular weight is 221 g/mol. The van der Waals surface area contributed by atoms with Gasteiger partial charge in [0, 0.05) is 6.54 Å². The molecule has 0 amide bonds. The Hall–Kier alpha value is 1.40. The number of aliphatic hydroxyl groups excluding tert-OH is 5. The first kappa shape index (κ1) is 16.8. The Morgan fingerprint density at radius 3 is 1.69 bits per heavy atom. The van der Waals surface area contributed by atoms with Crippen molar-refractivity contribution in [3.63, 3.8) is 0 Å².